The van der Waals surface area contributed by atoms with E-state index in [4.69, 9.17) is 11.6 Å². The van der Waals surface area contributed by atoms with E-state index in [-0.39, 0.29) is 23.3 Å². The fourth-order valence-electron chi connectivity index (χ4n) is 2.03. The van der Waals surface area contributed by atoms with Crippen molar-refractivity contribution in [3.8, 4) is 11.4 Å². The lowest BCUT2D eigenvalue weighted by atomic mass is 10.0. The maximum atomic E-state index is 14.1. The van der Waals surface area contributed by atoms with Gasteiger partial charge in [-0.05, 0) is 25.0 Å². The zero-order chi connectivity index (χ0) is 17.7. The monoisotopic (exact) mass is 364 g/mol. The Morgan fingerprint density at radius 3 is 2.54 bits per heavy atom. The summed E-state index contributed by atoms with van der Waals surface area (Å²) in [5.41, 5.74) is -0.130. The summed E-state index contributed by atoms with van der Waals surface area (Å²) in [4.78, 5) is 15.1. The SMILES string of the molecule is O=C(CCCCCCl)c1ccc(-c2noc(C(F)(F)F)n2)cc1F. The molecule has 1 heterocycles. The van der Waals surface area contributed by atoms with E-state index >= 15 is 0 Å². The predicted molar refractivity (Wildman–Crippen MR) is 78.2 cm³/mol. The van der Waals surface area contributed by atoms with Gasteiger partial charge in [0.05, 0.1) is 5.56 Å². The van der Waals surface area contributed by atoms with Gasteiger partial charge >= 0.3 is 12.1 Å². The summed E-state index contributed by atoms with van der Waals surface area (Å²) in [5, 5.41) is 3.17. The molecule has 0 amide bonds. The van der Waals surface area contributed by atoms with Crippen LogP contribution in [0.5, 0.6) is 0 Å². The molecule has 4 nitrogen and oxygen atoms in total. The standard InChI is InChI=1S/C15H13ClF4N2O2/c16-7-3-1-2-4-12(23)10-6-5-9(8-11(10)17)13-21-14(24-22-13)15(18,19)20/h5-6,8H,1-4,7H2. The highest BCUT2D eigenvalue weighted by molar-refractivity contribution is 6.17. The normalized spacial score (nSPS) is 11.7. The van der Waals surface area contributed by atoms with Crippen molar-refractivity contribution in [2.24, 2.45) is 0 Å². The Morgan fingerprint density at radius 1 is 1.21 bits per heavy atom. The van der Waals surface area contributed by atoms with E-state index in [1.807, 2.05) is 0 Å². The van der Waals surface area contributed by atoms with Crippen molar-refractivity contribution in [2.75, 3.05) is 5.88 Å². The second kappa shape index (κ2) is 7.74. The Kier molecular flexibility index (Phi) is 5.93. The highest BCUT2D eigenvalue weighted by Gasteiger charge is 2.38. The van der Waals surface area contributed by atoms with Gasteiger partial charge in [0.2, 0.25) is 5.82 Å². The van der Waals surface area contributed by atoms with E-state index in [9.17, 15) is 22.4 Å². The Balaban J connectivity index is 2.12. The quantitative estimate of drug-likeness (QED) is 0.304. The van der Waals surface area contributed by atoms with Crippen molar-refractivity contribution in [2.45, 2.75) is 31.9 Å². The first-order valence-corrected chi connectivity index (χ1v) is 7.66. The molecule has 0 saturated heterocycles. The molecule has 0 atom stereocenters. The number of nitrogens with zero attached hydrogens (tertiary/aromatic N) is 2. The number of ketones is 1. The number of carbonyl (C=O) groups is 1. The molecule has 0 unspecified atom stereocenters. The minimum Gasteiger partial charge on any atom is -0.329 e. The molecule has 2 aromatic rings. The number of unbranched alkanes of at least 4 members (excludes halogenated alkanes) is 2. The number of carbonyl (C=O) groups excluding carboxylic acids is 1. The van der Waals surface area contributed by atoms with Gasteiger partial charge in [0.15, 0.2) is 5.78 Å². The van der Waals surface area contributed by atoms with Gasteiger partial charge in [-0.1, -0.05) is 17.6 Å². The molecular weight excluding hydrogens is 352 g/mol. The van der Waals surface area contributed by atoms with Gasteiger partial charge in [-0.15, -0.1) is 11.6 Å². The summed E-state index contributed by atoms with van der Waals surface area (Å²) in [6, 6.07) is 3.40. The van der Waals surface area contributed by atoms with Crippen LogP contribution in [-0.4, -0.2) is 21.8 Å². The molecule has 130 valence electrons. The largest absolute Gasteiger partial charge is 0.471 e. The van der Waals surface area contributed by atoms with Crippen molar-refractivity contribution in [1.82, 2.24) is 10.1 Å². The van der Waals surface area contributed by atoms with Crippen molar-refractivity contribution in [1.29, 1.82) is 0 Å². The molecule has 2 rings (SSSR count). The third-order valence-electron chi connectivity index (χ3n) is 3.23. The maximum absolute atomic E-state index is 14.1. The number of benzene rings is 1. The number of hydrogen-bond acceptors (Lipinski definition) is 4. The number of alkyl halides is 4. The number of rotatable bonds is 7. The van der Waals surface area contributed by atoms with Gasteiger partial charge in [-0.3, -0.25) is 4.79 Å². The molecular formula is C15H13ClF4N2O2. The molecule has 1 aromatic carbocycles. The van der Waals surface area contributed by atoms with E-state index in [1.54, 1.807) is 0 Å². The van der Waals surface area contributed by atoms with Gasteiger partial charge < -0.3 is 4.52 Å². The third kappa shape index (κ3) is 4.53. The van der Waals surface area contributed by atoms with Crippen LogP contribution < -0.4 is 0 Å². The molecule has 0 aliphatic rings. The summed E-state index contributed by atoms with van der Waals surface area (Å²) >= 11 is 5.53. The zero-order valence-corrected chi connectivity index (χ0v) is 13.1. The van der Waals surface area contributed by atoms with E-state index < -0.39 is 23.7 Å². The van der Waals surface area contributed by atoms with Gasteiger partial charge in [0.25, 0.3) is 0 Å². The second-order valence-corrected chi connectivity index (χ2v) is 5.42. The Morgan fingerprint density at radius 2 is 1.96 bits per heavy atom. The molecule has 9 heteroatoms. The van der Waals surface area contributed by atoms with Gasteiger partial charge in [0, 0.05) is 17.9 Å². The van der Waals surface area contributed by atoms with Crippen LogP contribution in [0.3, 0.4) is 0 Å². The van der Waals surface area contributed by atoms with E-state index in [1.165, 1.54) is 12.1 Å². The summed E-state index contributed by atoms with van der Waals surface area (Å²) in [7, 11) is 0. The van der Waals surface area contributed by atoms with Crippen LogP contribution in [-0.2, 0) is 6.18 Å². The van der Waals surface area contributed by atoms with Crippen LogP contribution in [0.25, 0.3) is 11.4 Å². The highest BCUT2D eigenvalue weighted by atomic mass is 35.5. The van der Waals surface area contributed by atoms with Crippen LogP contribution in [0.2, 0.25) is 0 Å². The minimum atomic E-state index is -4.78. The van der Waals surface area contributed by atoms with Crippen LogP contribution in [0.15, 0.2) is 22.7 Å². The molecule has 0 radical (unpaired) electrons. The molecule has 0 fully saturated rings. The average Bonchev–Trinajstić information content (AvgIpc) is 3.01. The molecule has 0 spiro atoms. The summed E-state index contributed by atoms with van der Waals surface area (Å²) in [5.74, 6) is -2.63. The van der Waals surface area contributed by atoms with E-state index in [0.717, 1.165) is 18.9 Å². The van der Waals surface area contributed by atoms with Gasteiger partial charge in [-0.25, -0.2) is 4.39 Å². The molecule has 0 aliphatic carbocycles. The third-order valence-corrected chi connectivity index (χ3v) is 3.50. The van der Waals surface area contributed by atoms with Gasteiger partial charge in [0.1, 0.15) is 5.82 Å². The lowest BCUT2D eigenvalue weighted by Crippen LogP contribution is -2.05. The Bertz CT molecular complexity index is 716. The summed E-state index contributed by atoms with van der Waals surface area (Å²) in [6.07, 6.45) is -2.48. The predicted octanol–water partition coefficient (Wildman–Crippen LogP) is 4.88. The fourth-order valence-corrected chi connectivity index (χ4v) is 2.22. The molecule has 0 saturated carbocycles. The summed E-state index contributed by atoms with van der Waals surface area (Å²) < 4.78 is 55.4. The molecule has 0 bridgehead atoms. The second-order valence-electron chi connectivity index (χ2n) is 5.04. The topological polar surface area (TPSA) is 56.0 Å². The number of aromatic nitrogens is 2. The van der Waals surface area contributed by atoms with E-state index in [2.05, 4.69) is 14.7 Å². The highest BCUT2D eigenvalue weighted by Crippen LogP contribution is 2.29. The van der Waals surface area contributed by atoms with Crippen LogP contribution in [0.4, 0.5) is 17.6 Å². The first-order chi connectivity index (χ1) is 11.3. The van der Waals surface area contributed by atoms with Gasteiger partial charge in [-0.2, -0.15) is 18.2 Å². The molecule has 24 heavy (non-hydrogen) atoms. The Hall–Kier alpha value is -1.96. The van der Waals surface area contributed by atoms with Crippen LogP contribution >= 0.6 is 11.6 Å². The Labute approximate surface area is 139 Å². The maximum Gasteiger partial charge on any atom is 0.471 e. The number of halogens is 5. The van der Waals surface area contributed by atoms with Crippen molar-refractivity contribution < 1.29 is 26.9 Å². The first-order valence-electron chi connectivity index (χ1n) is 7.13. The lowest BCUT2D eigenvalue weighted by molar-refractivity contribution is -0.159. The molecule has 1 aromatic heterocycles. The smallest absolute Gasteiger partial charge is 0.329 e. The minimum absolute atomic E-state index is 0.00885. The summed E-state index contributed by atoms with van der Waals surface area (Å²) in [6.45, 7) is 0. The lowest BCUT2D eigenvalue weighted by Gasteiger charge is -2.04. The van der Waals surface area contributed by atoms with Crippen LogP contribution in [0, 0.1) is 5.82 Å². The number of Topliss-reactive ketones (excluding diaryl/α,β-unsaturated/α-hetero) is 1. The van der Waals surface area contributed by atoms with Crippen molar-refractivity contribution in [3.05, 3.63) is 35.5 Å². The van der Waals surface area contributed by atoms with Crippen molar-refractivity contribution >= 4 is 17.4 Å². The van der Waals surface area contributed by atoms with Crippen LogP contribution in [0.1, 0.15) is 41.9 Å². The fraction of sp³-hybridized carbons (Fsp3) is 0.400. The number of hydrogen-bond donors (Lipinski definition) is 0. The van der Waals surface area contributed by atoms with Crippen molar-refractivity contribution in [3.63, 3.8) is 0 Å². The molecule has 0 N–H and O–H groups in total. The zero-order valence-electron chi connectivity index (χ0n) is 12.4. The average molecular weight is 365 g/mol. The molecule has 0 aliphatic heterocycles. The van der Waals surface area contributed by atoms with E-state index in [0.29, 0.717) is 12.3 Å². The first kappa shape index (κ1) is 18.4.